The van der Waals surface area contributed by atoms with E-state index >= 15 is 0 Å². The summed E-state index contributed by atoms with van der Waals surface area (Å²) in [5.74, 6) is 1.32. The van der Waals surface area contributed by atoms with Crippen LogP contribution in [0.2, 0.25) is 0 Å². The van der Waals surface area contributed by atoms with Crippen LogP contribution in [0.15, 0.2) is 24.3 Å². The lowest BCUT2D eigenvalue weighted by atomic mass is 9.71. The smallest absolute Gasteiger partial charge is 0.133 e. The molecule has 1 aromatic heterocycles. The summed E-state index contributed by atoms with van der Waals surface area (Å²) in [6.07, 6.45) is 4.22. The van der Waals surface area contributed by atoms with Crippen LogP contribution in [0.25, 0.3) is 10.4 Å². The second-order valence-corrected chi connectivity index (χ2v) is 10.4. The van der Waals surface area contributed by atoms with Gasteiger partial charge in [0, 0.05) is 17.8 Å². The Bertz CT molecular complexity index is 861. The SMILES string of the molecule is CC(=O)[C@@H]1C[C@@H](C)CC[C@H]1c1nc(C2CC(C)(F)C2)sc1-c1ccc(C)cc1. The summed E-state index contributed by atoms with van der Waals surface area (Å²) < 4.78 is 14.1. The molecule has 1 heterocycles. The molecule has 0 amide bonds. The zero-order valence-corrected chi connectivity index (χ0v) is 18.1. The van der Waals surface area contributed by atoms with Crippen LogP contribution in [0.5, 0.6) is 0 Å². The zero-order chi connectivity index (χ0) is 20.1. The Balaban J connectivity index is 1.74. The van der Waals surface area contributed by atoms with E-state index in [0.717, 1.165) is 30.0 Å². The summed E-state index contributed by atoms with van der Waals surface area (Å²) in [5, 5.41) is 1.06. The molecule has 2 aliphatic carbocycles. The highest BCUT2D eigenvalue weighted by molar-refractivity contribution is 7.15. The molecule has 2 saturated carbocycles. The molecule has 2 fully saturated rings. The number of Topliss-reactive ketones (excluding diaryl/α,β-unsaturated/α-hetero) is 1. The van der Waals surface area contributed by atoms with E-state index in [9.17, 15) is 9.18 Å². The molecule has 28 heavy (non-hydrogen) atoms. The molecule has 1 aromatic carbocycles. The summed E-state index contributed by atoms with van der Waals surface area (Å²) in [6.45, 7) is 7.76. The molecular formula is C24H30FNOS. The van der Waals surface area contributed by atoms with E-state index < -0.39 is 5.67 Å². The van der Waals surface area contributed by atoms with Crippen LogP contribution in [-0.2, 0) is 4.79 Å². The molecule has 4 rings (SSSR count). The molecule has 2 nitrogen and oxygen atoms in total. The number of halogens is 1. The van der Waals surface area contributed by atoms with Gasteiger partial charge in [-0.1, -0.05) is 43.2 Å². The van der Waals surface area contributed by atoms with Gasteiger partial charge in [0.1, 0.15) is 11.5 Å². The minimum atomic E-state index is -1.05. The normalized spacial score (nSPS) is 32.8. The van der Waals surface area contributed by atoms with E-state index in [4.69, 9.17) is 4.98 Å². The Hall–Kier alpha value is -1.55. The fraction of sp³-hybridized carbons (Fsp3) is 0.583. The van der Waals surface area contributed by atoms with E-state index in [1.54, 1.807) is 25.2 Å². The molecule has 0 saturated heterocycles. The molecule has 0 unspecified atom stereocenters. The lowest BCUT2D eigenvalue weighted by molar-refractivity contribution is -0.122. The number of carbonyl (C=O) groups is 1. The average molecular weight is 400 g/mol. The third kappa shape index (κ3) is 3.80. The summed E-state index contributed by atoms with van der Waals surface area (Å²) >= 11 is 1.72. The Kier molecular flexibility index (Phi) is 5.20. The van der Waals surface area contributed by atoms with Crippen molar-refractivity contribution in [3.8, 4) is 10.4 Å². The number of nitrogens with zero attached hydrogens (tertiary/aromatic N) is 1. The van der Waals surface area contributed by atoms with Crippen molar-refractivity contribution in [3.05, 3.63) is 40.5 Å². The van der Waals surface area contributed by atoms with Crippen LogP contribution in [0, 0.1) is 18.8 Å². The van der Waals surface area contributed by atoms with Crippen LogP contribution in [0.3, 0.4) is 0 Å². The number of alkyl halides is 1. The van der Waals surface area contributed by atoms with Gasteiger partial charge in [-0.15, -0.1) is 11.3 Å². The van der Waals surface area contributed by atoms with E-state index in [-0.39, 0.29) is 23.5 Å². The van der Waals surface area contributed by atoms with Crippen LogP contribution >= 0.6 is 11.3 Å². The highest BCUT2D eigenvalue weighted by Gasteiger charge is 2.44. The van der Waals surface area contributed by atoms with Crippen LogP contribution in [0.4, 0.5) is 4.39 Å². The third-order valence-electron chi connectivity index (χ3n) is 6.66. The Morgan fingerprint density at radius 2 is 1.89 bits per heavy atom. The van der Waals surface area contributed by atoms with Gasteiger partial charge in [-0.25, -0.2) is 9.37 Å². The fourth-order valence-corrected chi connectivity index (χ4v) is 6.23. The van der Waals surface area contributed by atoms with Gasteiger partial charge in [0.2, 0.25) is 0 Å². The van der Waals surface area contributed by atoms with Crippen LogP contribution in [-0.4, -0.2) is 16.4 Å². The van der Waals surface area contributed by atoms with Gasteiger partial charge in [0.25, 0.3) is 0 Å². The maximum absolute atomic E-state index is 14.1. The second-order valence-electron chi connectivity index (χ2n) is 9.39. The van der Waals surface area contributed by atoms with Crippen molar-refractivity contribution in [2.75, 3.05) is 0 Å². The molecular weight excluding hydrogens is 369 g/mol. The quantitative estimate of drug-likeness (QED) is 0.564. The molecule has 4 heteroatoms. The Morgan fingerprint density at radius 3 is 2.50 bits per heavy atom. The summed E-state index contributed by atoms with van der Waals surface area (Å²) in [6, 6.07) is 8.58. The van der Waals surface area contributed by atoms with Gasteiger partial charge in [0.05, 0.1) is 15.6 Å². The van der Waals surface area contributed by atoms with Crippen LogP contribution < -0.4 is 0 Å². The largest absolute Gasteiger partial charge is 0.300 e. The van der Waals surface area contributed by atoms with Crippen molar-refractivity contribution < 1.29 is 9.18 Å². The van der Waals surface area contributed by atoms with Gasteiger partial charge in [-0.3, -0.25) is 4.79 Å². The van der Waals surface area contributed by atoms with E-state index in [1.807, 2.05) is 0 Å². The fourth-order valence-electron chi connectivity index (χ4n) is 4.99. The number of rotatable bonds is 4. The van der Waals surface area contributed by atoms with Gasteiger partial charge in [-0.2, -0.15) is 0 Å². The topological polar surface area (TPSA) is 30.0 Å². The summed E-state index contributed by atoms with van der Waals surface area (Å²) in [4.78, 5) is 18.7. The molecule has 0 radical (unpaired) electrons. The predicted molar refractivity (Wildman–Crippen MR) is 114 cm³/mol. The van der Waals surface area contributed by atoms with Gasteiger partial charge in [0.15, 0.2) is 0 Å². The number of hydrogen-bond acceptors (Lipinski definition) is 3. The first kappa shape index (κ1) is 19.8. The van der Waals surface area contributed by atoms with Crippen molar-refractivity contribution in [1.82, 2.24) is 4.98 Å². The Labute approximate surface area is 171 Å². The number of aryl methyl sites for hydroxylation is 1. The molecule has 0 N–H and O–H groups in total. The molecule has 2 aromatic rings. The summed E-state index contributed by atoms with van der Waals surface area (Å²) in [7, 11) is 0. The second kappa shape index (κ2) is 7.37. The van der Waals surface area contributed by atoms with Crippen molar-refractivity contribution >= 4 is 17.1 Å². The maximum Gasteiger partial charge on any atom is 0.133 e. The van der Waals surface area contributed by atoms with Crippen molar-refractivity contribution in [1.29, 1.82) is 0 Å². The monoisotopic (exact) mass is 399 g/mol. The standard InChI is InChI=1S/C24H30FNOS/c1-14-5-8-17(9-6-14)22-21(19-10-7-15(2)11-20(19)16(3)27)26-23(28-22)18-12-24(4,25)13-18/h5-6,8-9,15,18-20H,7,10-13H2,1-4H3/t15-,18?,19+,20-,24?/m0/s1. The van der Waals surface area contributed by atoms with Crippen molar-refractivity contribution in [2.24, 2.45) is 11.8 Å². The number of hydrogen-bond donors (Lipinski definition) is 0. The number of ketones is 1. The highest BCUT2D eigenvalue weighted by Crippen LogP contribution is 2.52. The minimum absolute atomic E-state index is 0.0516. The Morgan fingerprint density at radius 1 is 1.21 bits per heavy atom. The lowest BCUT2D eigenvalue weighted by Gasteiger charge is -2.37. The van der Waals surface area contributed by atoms with Crippen molar-refractivity contribution in [2.45, 2.75) is 77.3 Å². The van der Waals surface area contributed by atoms with E-state index in [1.165, 1.54) is 16.0 Å². The molecule has 3 atom stereocenters. The molecule has 0 spiro atoms. The first-order valence-corrected chi connectivity index (χ1v) is 11.3. The first-order valence-electron chi connectivity index (χ1n) is 10.5. The van der Waals surface area contributed by atoms with Crippen LogP contribution in [0.1, 0.15) is 81.0 Å². The summed E-state index contributed by atoms with van der Waals surface area (Å²) in [5.41, 5.74) is 2.44. The number of aromatic nitrogens is 1. The highest BCUT2D eigenvalue weighted by atomic mass is 32.1. The van der Waals surface area contributed by atoms with Gasteiger partial charge in [-0.05, 0) is 57.9 Å². The number of benzene rings is 1. The van der Waals surface area contributed by atoms with E-state index in [0.29, 0.717) is 18.8 Å². The molecule has 0 bridgehead atoms. The number of carbonyl (C=O) groups excluding carboxylic acids is 1. The number of thiazole rings is 1. The lowest BCUT2D eigenvalue weighted by Crippen LogP contribution is -2.35. The first-order chi connectivity index (χ1) is 13.2. The molecule has 0 aliphatic heterocycles. The zero-order valence-electron chi connectivity index (χ0n) is 17.3. The average Bonchev–Trinajstić information content (AvgIpc) is 3.05. The van der Waals surface area contributed by atoms with Crippen molar-refractivity contribution in [3.63, 3.8) is 0 Å². The third-order valence-corrected chi connectivity index (χ3v) is 7.95. The predicted octanol–water partition coefficient (Wildman–Crippen LogP) is 6.83. The maximum atomic E-state index is 14.1. The minimum Gasteiger partial charge on any atom is -0.300 e. The van der Waals surface area contributed by atoms with E-state index in [2.05, 4.69) is 38.1 Å². The molecule has 2 aliphatic rings. The molecule has 150 valence electrons. The van der Waals surface area contributed by atoms with Gasteiger partial charge >= 0.3 is 0 Å². The van der Waals surface area contributed by atoms with Gasteiger partial charge < -0.3 is 0 Å².